The van der Waals surface area contributed by atoms with Gasteiger partial charge in [-0.25, -0.2) is 4.98 Å². The van der Waals surface area contributed by atoms with E-state index in [9.17, 15) is 22.8 Å². The number of hydrogen-bond acceptors (Lipinski definition) is 8. The maximum Gasteiger partial charge on any atom is 0.416 e. The smallest absolute Gasteiger partial charge is 0.416 e. The van der Waals surface area contributed by atoms with Crippen LogP contribution in [-0.4, -0.2) is 52.7 Å². The molecule has 2 heterocycles. The SMILES string of the molecule is COc1cc(NC(=O)CSc2nc3[nH]ncc3c(=O)n2-c2cccc(C(F)(F)F)c2)cc(OC)c1OC. The molecule has 37 heavy (non-hydrogen) atoms. The molecule has 4 rings (SSSR count). The van der Waals surface area contributed by atoms with Gasteiger partial charge < -0.3 is 19.5 Å². The molecular weight excluding hydrogens is 515 g/mol. The van der Waals surface area contributed by atoms with Crippen molar-refractivity contribution in [2.45, 2.75) is 11.3 Å². The van der Waals surface area contributed by atoms with Crippen LogP contribution in [0.1, 0.15) is 5.56 Å². The molecule has 10 nitrogen and oxygen atoms in total. The Morgan fingerprint density at radius 1 is 1.11 bits per heavy atom. The number of methoxy groups -OCH3 is 3. The number of amides is 1. The third-order valence-corrected chi connectivity index (χ3v) is 6.10. The molecule has 4 aromatic rings. The topological polar surface area (TPSA) is 120 Å². The summed E-state index contributed by atoms with van der Waals surface area (Å²) >= 11 is 0.866. The van der Waals surface area contributed by atoms with Gasteiger partial charge in [0.2, 0.25) is 11.7 Å². The maximum atomic E-state index is 13.3. The number of anilines is 1. The van der Waals surface area contributed by atoms with Gasteiger partial charge in [0, 0.05) is 17.8 Å². The minimum Gasteiger partial charge on any atom is -0.493 e. The van der Waals surface area contributed by atoms with Gasteiger partial charge in [0.25, 0.3) is 5.56 Å². The summed E-state index contributed by atoms with van der Waals surface area (Å²) in [6.07, 6.45) is -3.37. The summed E-state index contributed by atoms with van der Waals surface area (Å²) in [6, 6.07) is 7.36. The van der Waals surface area contributed by atoms with Crippen molar-refractivity contribution in [2.75, 3.05) is 32.4 Å². The molecule has 1 amide bonds. The van der Waals surface area contributed by atoms with Crippen LogP contribution in [0.2, 0.25) is 0 Å². The molecular formula is C23H20F3N5O5S. The second-order valence-electron chi connectivity index (χ2n) is 7.47. The van der Waals surface area contributed by atoms with E-state index in [1.54, 1.807) is 0 Å². The van der Waals surface area contributed by atoms with Gasteiger partial charge >= 0.3 is 6.18 Å². The number of rotatable bonds is 8. The quantitative estimate of drug-likeness (QED) is 0.258. The van der Waals surface area contributed by atoms with Crippen LogP contribution in [0.3, 0.4) is 0 Å². The van der Waals surface area contributed by atoms with Crippen molar-refractivity contribution in [1.29, 1.82) is 0 Å². The fraction of sp³-hybridized carbons (Fsp3) is 0.217. The lowest BCUT2D eigenvalue weighted by Gasteiger charge is -2.15. The molecule has 194 valence electrons. The Labute approximate surface area is 211 Å². The van der Waals surface area contributed by atoms with Crippen molar-refractivity contribution in [1.82, 2.24) is 19.7 Å². The third kappa shape index (κ3) is 5.33. The molecule has 0 aliphatic carbocycles. The second-order valence-corrected chi connectivity index (χ2v) is 8.41. The third-order valence-electron chi connectivity index (χ3n) is 5.16. The number of fused-ring (bicyclic) bond motifs is 1. The molecule has 0 atom stereocenters. The van der Waals surface area contributed by atoms with Crippen molar-refractivity contribution in [3.63, 3.8) is 0 Å². The molecule has 0 bridgehead atoms. The van der Waals surface area contributed by atoms with E-state index in [0.29, 0.717) is 22.9 Å². The number of nitrogens with one attached hydrogen (secondary N) is 2. The molecule has 0 unspecified atom stereocenters. The number of aromatic nitrogens is 4. The van der Waals surface area contributed by atoms with E-state index in [2.05, 4.69) is 20.5 Å². The van der Waals surface area contributed by atoms with Crippen LogP contribution in [0, 0.1) is 0 Å². The Morgan fingerprint density at radius 2 is 1.81 bits per heavy atom. The lowest BCUT2D eigenvalue weighted by atomic mass is 10.2. The van der Waals surface area contributed by atoms with Crippen molar-refractivity contribution in [3.8, 4) is 22.9 Å². The number of carbonyl (C=O) groups excluding carboxylic acids is 1. The van der Waals surface area contributed by atoms with E-state index in [0.717, 1.165) is 28.5 Å². The number of nitrogens with zero attached hydrogens (tertiary/aromatic N) is 3. The highest BCUT2D eigenvalue weighted by Gasteiger charge is 2.31. The minimum atomic E-state index is -4.61. The highest BCUT2D eigenvalue weighted by atomic mass is 32.2. The fourth-order valence-electron chi connectivity index (χ4n) is 3.50. The first-order chi connectivity index (χ1) is 17.7. The van der Waals surface area contributed by atoms with E-state index in [-0.39, 0.29) is 27.6 Å². The first-order valence-corrected chi connectivity index (χ1v) is 11.5. The van der Waals surface area contributed by atoms with Crippen LogP contribution >= 0.6 is 11.8 Å². The summed E-state index contributed by atoms with van der Waals surface area (Å²) in [6.45, 7) is 0. The number of aromatic amines is 1. The zero-order chi connectivity index (χ0) is 26.7. The Bertz CT molecular complexity index is 1490. The summed E-state index contributed by atoms with van der Waals surface area (Å²) in [4.78, 5) is 30.2. The standard InChI is InChI=1S/C23H20F3N5O5S/c1-34-16-8-13(9-17(35-2)19(16)36-3)28-18(32)11-37-22-29-20-15(10-27-30-20)21(33)31(22)14-6-4-5-12(7-14)23(24,25)26/h4-10H,11H2,1-3H3,(H,27,30)(H,28,32). The van der Waals surface area contributed by atoms with Crippen LogP contribution in [0.5, 0.6) is 17.2 Å². The second kappa shape index (κ2) is 10.4. The highest BCUT2D eigenvalue weighted by molar-refractivity contribution is 7.99. The van der Waals surface area contributed by atoms with Crippen molar-refractivity contribution >= 4 is 34.4 Å². The van der Waals surface area contributed by atoms with Crippen LogP contribution < -0.4 is 25.1 Å². The Hall–Kier alpha value is -4.20. The normalized spacial score (nSPS) is 11.4. The molecule has 0 radical (unpaired) electrons. The molecule has 0 spiro atoms. The van der Waals surface area contributed by atoms with E-state index in [4.69, 9.17) is 14.2 Å². The molecule has 0 saturated carbocycles. The summed E-state index contributed by atoms with van der Waals surface area (Å²) in [5.74, 6) is 0.305. The zero-order valence-electron chi connectivity index (χ0n) is 19.7. The first kappa shape index (κ1) is 25.9. The van der Waals surface area contributed by atoms with Gasteiger partial charge in [-0.2, -0.15) is 18.3 Å². The molecule has 0 fully saturated rings. The molecule has 2 aromatic heterocycles. The lowest BCUT2D eigenvalue weighted by molar-refractivity contribution is -0.137. The number of thioether (sulfide) groups is 1. The molecule has 14 heteroatoms. The zero-order valence-corrected chi connectivity index (χ0v) is 20.5. The van der Waals surface area contributed by atoms with E-state index in [1.165, 1.54) is 51.8 Å². The lowest BCUT2D eigenvalue weighted by Crippen LogP contribution is -2.23. The van der Waals surface area contributed by atoms with Crippen molar-refractivity contribution in [2.24, 2.45) is 0 Å². The van der Waals surface area contributed by atoms with Crippen molar-refractivity contribution in [3.05, 3.63) is 58.5 Å². The predicted molar refractivity (Wildman–Crippen MR) is 130 cm³/mol. The van der Waals surface area contributed by atoms with Gasteiger partial charge in [0.05, 0.1) is 44.5 Å². The largest absolute Gasteiger partial charge is 0.493 e. The van der Waals surface area contributed by atoms with Crippen LogP contribution in [0.4, 0.5) is 18.9 Å². The van der Waals surface area contributed by atoms with Gasteiger partial charge in [-0.05, 0) is 18.2 Å². The van der Waals surface area contributed by atoms with Crippen molar-refractivity contribution < 1.29 is 32.2 Å². The molecule has 0 saturated heterocycles. The average molecular weight is 536 g/mol. The Balaban J connectivity index is 1.65. The number of H-pyrrole nitrogens is 1. The Morgan fingerprint density at radius 3 is 2.43 bits per heavy atom. The number of carbonyl (C=O) groups is 1. The first-order valence-electron chi connectivity index (χ1n) is 10.5. The van der Waals surface area contributed by atoms with Gasteiger partial charge in [0.15, 0.2) is 22.3 Å². The van der Waals surface area contributed by atoms with Gasteiger partial charge in [-0.1, -0.05) is 17.8 Å². The van der Waals surface area contributed by atoms with Gasteiger partial charge in [0.1, 0.15) is 5.39 Å². The summed E-state index contributed by atoms with van der Waals surface area (Å²) < 4.78 is 56.7. The number of benzene rings is 2. The summed E-state index contributed by atoms with van der Waals surface area (Å²) in [5.41, 5.74) is -1.12. The monoisotopic (exact) mass is 535 g/mol. The number of ether oxygens (including phenoxy) is 3. The average Bonchev–Trinajstić information content (AvgIpc) is 3.35. The van der Waals surface area contributed by atoms with Crippen LogP contribution in [0.25, 0.3) is 16.7 Å². The van der Waals surface area contributed by atoms with Gasteiger partial charge in [-0.15, -0.1) is 0 Å². The van der Waals surface area contributed by atoms with Gasteiger partial charge in [-0.3, -0.25) is 19.3 Å². The van der Waals surface area contributed by atoms with Crippen LogP contribution in [-0.2, 0) is 11.0 Å². The summed E-state index contributed by atoms with van der Waals surface area (Å²) in [5, 5.41) is 9.14. The molecule has 0 aliphatic heterocycles. The molecule has 2 aromatic carbocycles. The fourth-order valence-corrected chi connectivity index (χ4v) is 4.31. The summed E-state index contributed by atoms with van der Waals surface area (Å²) in [7, 11) is 4.31. The van der Waals surface area contributed by atoms with Crippen LogP contribution in [0.15, 0.2) is 52.5 Å². The number of halogens is 3. The highest BCUT2D eigenvalue weighted by Crippen LogP contribution is 2.40. The van der Waals surface area contributed by atoms with E-state index >= 15 is 0 Å². The minimum absolute atomic E-state index is 0.00103. The molecule has 0 aliphatic rings. The molecule has 2 N–H and O–H groups in total. The predicted octanol–water partition coefficient (Wildman–Crippen LogP) is 3.88. The maximum absolute atomic E-state index is 13.3. The van der Waals surface area contributed by atoms with E-state index in [1.807, 2.05) is 0 Å². The Kier molecular flexibility index (Phi) is 7.29. The number of hydrogen-bond donors (Lipinski definition) is 2. The number of alkyl halides is 3. The van der Waals surface area contributed by atoms with E-state index < -0.39 is 23.2 Å².